The number of thioether (sulfide) groups is 1. The van der Waals surface area contributed by atoms with Gasteiger partial charge < -0.3 is 5.32 Å². The minimum absolute atomic E-state index is 0.0804. The monoisotopic (exact) mass is 389 g/mol. The number of para-hydroxylation sites is 1. The van der Waals surface area contributed by atoms with Crippen molar-refractivity contribution < 1.29 is 13.2 Å². The Kier molecular flexibility index (Phi) is 5.63. The molecule has 0 atom stereocenters. The molecule has 6 nitrogen and oxygen atoms in total. The second kappa shape index (κ2) is 7.92. The number of anilines is 1. The number of nitrogens with one attached hydrogen (secondary N) is 1. The van der Waals surface area contributed by atoms with Crippen LogP contribution in [0.4, 0.5) is 5.69 Å². The number of rotatable bonds is 5. The average Bonchev–Trinajstić information content (AvgIpc) is 3.16. The Bertz CT molecular complexity index is 928. The highest BCUT2D eigenvalue weighted by molar-refractivity contribution is 8.14. The number of hydrogen-bond donors (Lipinski definition) is 1. The summed E-state index contributed by atoms with van der Waals surface area (Å²) in [7, 11) is -3.77. The second-order valence-electron chi connectivity index (χ2n) is 5.52. The first-order chi connectivity index (χ1) is 12.5. The number of benzene rings is 2. The molecule has 2 aromatic carbocycles. The van der Waals surface area contributed by atoms with Crippen LogP contribution in [0.3, 0.4) is 0 Å². The van der Waals surface area contributed by atoms with Gasteiger partial charge in [0.2, 0.25) is 0 Å². The Balaban J connectivity index is 1.89. The maximum atomic E-state index is 13.0. The van der Waals surface area contributed by atoms with Crippen LogP contribution in [-0.4, -0.2) is 38.3 Å². The van der Waals surface area contributed by atoms with E-state index in [-0.39, 0.29) is 22.9 Å². The number of sulfonamides is 1. The van der Waals surface area contributed by atoms with E-state index in [0.717, 1.165) is 5.75 Å². The molecule has 1 amide bonds. The summed E-state index contributed by atoms with van der Waals surface area (Å²) >= 11 is 1.47. The number of carbonyl (C=O) groups is 1. The summed E-state index contributed by atoms with van der Waals surface area (Å²) in [5.74, 6) is 0.477. The highest BCUT2D eigenvalue weighted by Crippen LogP contribution is 2.24. The van der Waals surface area contributed by atoms with E-state index in [2.05, 4.69) is 10.3 Å². The van der Waals surface area contributed by atoms with Gasteiger partial charge in [-0.2, -0.15) is 0 Å². The highest BCUT2D eigenvalue weighted by atomic mass is 32.2. The van der Waals surface area contributed by atoms with E-state index in [1.807, 2.05) is 6.07 Å². The van der Waals surface area contributed by atoms with Gasteiger partial charge in [-0.05, 0) is 37.3 Å². The molecule has 8 heteroatoms. The van der Waals surface area contributed by atoms with Gasteiger partial charge in [-0.25, -0.2) is 8.42 Å². The molecule has 1 aliphatic rings. The van der Waals surface area contributed by atoms with E-state index in [0.29, 0.717) is 17.4 Å². The zero-order valence-corrected chi connectivity index (χ0v) is 15.9. The van der Waals surface area contributed by atoms with Gasteiger partial charge in [-0.3, -0.25) is 14.1 Å². The van der Waals surface area contributed by atoms with Crippen molar-refractivity contribution in [2.45, 2.75) is 11.8 Å². The minimum atomic E-state index is -3.77. The molecule has 0 bridgehead atoms. The largest absolute Gasteiger partial charge is 0.301 e. The van der Waals surface area contributed by atoms with Crippen molar-refractivity contribution in [3.05, 3.63) is 60.2 Å². The zero-order chi connectivity index (χ0) is 18.6. The lowest BCUT2D eigenvalue weighted by Gasteiger charge is -2.23. The number of amides is 1. The van der Waals surface area contributed by atoms with Gasteiger partial charge in [0.25, 0.3) is 15.9 Å². The number of nitrogens with zero attached hydrogens (tertiary/aromatic N) is 2. The van der Waals surface area contributed by atoms with Crippen LogP contribution in [0.5, 0.6) is 0 Å². The van der Waals surface area contributed by atoms with Crippen LogP contribution < -0.4 is 9.62 Å². The lowest BCUT2D eigenvalue weighted by molar-refractivity contribution is 0.0978. The molecule has 1 N–H and O–H groups in total. The molecule has 0 saturated heterocycles. The van der Waals surface area contributed by atoms with Crippen LogP contribution in [0.2, 0.25) is 0 Å². The number of hydrogen-bond acceptors (Lipinski definition) is 5. The molecular weight excluding hydrogens is 370 g/mol. The van der Waals surface area contributed by atoms with Gasteiger partial charge in [-0.15, -0.1) is 0 Å². The molecule has 1 heterocycles. The molecule has 0 aliphatic carbocycles. The summed E-state index contributed by atoms with van der Waals surface area (Å²) in [6.45, 7) is 2.74. The zero-order valence-electron chi connectivity index (χ0n) is 14.3. The molecule has 3 rings (SSSR count). The van der Waals surface area contributed by atoms with Gasteiger partial charge in [0.05, 0.1) is 17.1 Å². The van der Waals surface area contributed by atoms with Crippen LogP contribution in [-0.2, 0) is 10.0 Å². The SMILES string of the molecule is CCN(c1ccccc1)S(=O)(=O)c1cccc(C(=O)NC2=NCCS2)c1. The molecule has 2 aromatic rings. The Morgan fingerprint density at radius 1 is 1.19 bits per heavy atom. The third kappa shape index (κ3) is 3.91. The third-order valence-electron chi connectivity index (χ3n) is 3.82. The van der Waals surface area contributed by atoms with Crippen LogP contribution in [0.15, 0.2) is 64.5 Å². The van der Waals surface area contributed by atoms with E-state index < -0.39 is 10.0 Å². The van der Waals surface area contributed by atoms with Gasteiger partial charge >= 0.3 is 0 Å². The van der Waals surface area contributed by atoms with Gasteiger partial charge in [-0.1, -0.05) is 36.0 Å². The van der Waals surface area contributed by atoms with E-state index in [1.54, 1.807) is 43.3 Å². The van der Waals surface area contributed by atoms with E-state index in [4.69, 9.17) is 0 Å². The normalized spacial score (nSPS) is 14.0. The first kappa shape index (κ1) is 18.5. The fourth-order valence-electron chi connectivity index (χ4n) is 2.59. The Hall–Kier alpha value is -2.32. The van der Waals surface area contributed by atoms with Crippen LogP contribution in [0.1, 0.15) is 17.3 Å². The fraction of sp³-hybridized carbons (Fsp3) is 0.222. The summed E-state index contributed by atoms with van der Waals surface area (Å²) in [5.41, 5.74) is 0.868. The summed E-state index contributed by atoms with van der Waals surface area (Å²) in [4.78, 5) is 16.6. The lowest BCUT2D eigenvalue weighted by atomic mass is 10.2. The average molecular weight is 390 g/mol. The highest BCUT2D eigenvalue weighted by Gasteiger charge is 2.24. The van der Waals surface area contributed by atoms with Crippen molar-refractivity contribution in [2.75, 3.05) is 23.1 Å². The Morgan fingerprint density at radius 2 is 1.96 bits per heavy atom. The molecule has 1 aliphatic heterocycles. The predicted octanol–water partition coefficient (Wildman–Crippen LogP) is 2.73. The van der Waals surface area contributed by atoms with Crippen molar-refractivity contribution in [1.29, 1.82) is 0 Å². The second-order valence-corrected chi connectivity index (χ2v) is 8.47. The number of amidine groups is 1. The van der Waals surface area contributed by atoms with E-state index >= 15 is 0 Å². The van der Waals surface area contributed by atoms with Gasteiger partial charge in [0.15, 0.2) is 5.17 Å². The van der Waals surface area contributed by atoms with Gasteiger partial charge in [0.1, 0.15) is 0 Å². The maximum Gasteiger partial charge on any atom is 0.264 e. The van der Waals surface area contributed by atoms with Crippen LogP contribution >= 0.6 is 11.8 Å². The predicted molar refractivity (Wildman–Crippen MR) is 105 cm³/mol. The molecule has 136 valence electrons. The smallest absolute Gasteiger partial charge is 0.264 e. The lowest BCUT2D eigenvalue weighted by Crippen LogP contribution is -2.31. The van der Waals surface area contributed by atoms with Gasteiger partial charge in [0, 0.05) is 17.9 Å². The minimum Gasteiger partial charge on any atom is -0.301 e. The van der Waals surface area contributed by atoms with E-state index in [9.17, 15) is 13.2 Å². The first-order valence-electron chi connectivity index (χ1n) is 8.19. The van der Waals surface area contributed by atoms with Crippen molar-refractivity contribution in [1.82, 2.24) is 5.32 Å². The molecule has 0 aromatic heterocycles. The molecule has 0 radical (unpaired) electrons. The van der Waals surface area contributed by atoms with Crippen molar-refractivity contribution in [3.63, 3.8) is 0 Å². The Morgan fingerprint density at radius 3 is 2.62 bits per heavy atom. The van der Waals surface area contributed by atoms with E-state index in [1.165, 1.54) is 28.2 Å². The summed E-state index contributed by atoms with van der Waals surface area (Å²) in [6, 6.07) is 15.0. The first-order valence-corrected chi connectivity index (χ1v) is 10.6. The van der Waals surface area contributed by atoms with Crippen LogP contribution in [0.25, 0.3) is 0 Å². The number of aliphatic imine (C=N–C) groups is 1. The fourth-order valence-corrected chi connectivity index (χ4v) is 4.83. The summed E-state index contributed by atoms with van der Waals surface area (Å²) in [6.07, 6.45) is 0. The molecule has 0 unspecified atom stereocenters. The molecule has 26 heavy (non-hydrogen) atoms. The van der Waals surface area contributed by atoms with Crippen molar-refractivity contribution >= 4 is 38.5 Å². The topological polar surface area (TPSA) is 78.8 Å². The molecular formula is C18H19N3O3S2. The molecule has 0 spiro atoms. The summed E-state index contributed by atoms with van der Waals surface area (Å²) < 4.78 is 27.4. The molecule has 0 saturated carbocycles. The standard InChI is InChI=1S/C18H19N3O3S2/c1-2-21(15-8-4-3-5-9-15)26(23,24)16-10-6-7-14(13-16)17(22)20-18-19-11-12-25-18/h3-10,13H,2,11-12H2,1H3,(H,19,20,22). The quantitative estimate of drug-likeness (QED) is 0.853. The molecule has 0 fully saturated rings. The van der Waals surface area contributed by atoms with Crippen molar-refractivity contribution in [3.8, 4) is 0 Å². The Labute approximate surface area is 157 Å². The van der Waals surface area contributed by atoms with Crippen molar-refractivity contribution in [2.24, 2.45) is 4.99 Å². The number of carbonyl (C=O) groups excluding carboxylic acids is 1. The maximum absolute atomic E-state index is 13.0. The summed E-state index contributed by atoms with van der Waals surface area (Å²) in [5, 5.41) is 3.29. The third-order valence-corrected chi connectivity index (χ3v) is 6.61. The van der Waals surface area contributed by atoms with Crippen LogP contribution in [0, 0.1) is 0 Å².